The molecule has 1 aromatic heterocycles. The van der Waals surface area contributed by atoms with Crippen LogP contribution in [0.5, 0.6) is 5.75 Å². The molecule has 0 aliphatic heterocycles. The third kappa shape index (κ3) is 4.53. The van der Waals surface area contributed by atoms with Crippen LogP contribution in [0.1, 0.15) is 11.1 Å². The van der Waals surface area contributed by atoms with Crippen LogP contribution in [0.2, 0.25) is 5.15 Å². The van der Waals surface area contributed by atoms with E-state index in [1.54, 1.807) is 24.4 Å². The predicted molar refractivity (Wildman–Crippen MR) is 74.4 cm³/mol. The van der Waals surface area contributed by atoms with E-state index < -0.39 is 6.36 Å². The number of benzene rings is 1. The summed E-state index contributed by atoms with van der Waals surface area (Å²) in [5, 5.41) is 3.21. The molecule has 0 aliphatic carbocycles. The SMILES string of the molecule is Cc1cnc(Cl)c(NCc2ccccc2OC(F)(F)F)c1. The summed E-state index contributed by atoms with van der Waals surface area (Å²) >= 11 is 5.92. The molecule has 7 heteroatoms. The van der Waals surface area contributed by atoms with Crippen LogP contribution in [0.25, 0.3) is 0 Å². The monoisotopic (exact) mass is 316 g/mol. The minimum Gasteiger partial charge on any atom is -0.405 e. The largest absolute Gasteiger partial charge is 0.573 e. The molecular weight excluding hydrogens is 305 g/mol. The first kappa shape index (κ1) is 15.4. The molecule has 0 atom stereocenters. The number of pyridine rings is 1. The topological polar surface area (TPSA) is 34.2 Å². The van der Waals surface area contributed by atoms with Crippen molar-refractivity contribution in [1.29, 1.82) is 0 Å². The molecule has 1 heterocycles. The van der Waals surface area contributed by atoms with Gasteiger partial charge in [-0.15, -0.1) is 13.2 Å². The number of ether oxygens (including phenoxy) is 1. The number of nitrogens with zero attached hydrogens (tertiary/aromatic N) is 1. The van der Waals surface area contributed by atoms with Crippen molar-refractivity contribution in [2.75, 3.05) is 5.32 Å². The van der Waals surface area contributed by atoms with E-state index in [-0.39, 0.29) is 17.4 Å². The highest BCUT2D eigenvalue weighted by atomic mass is 35.5. The number of nitrogens with one attached hydrogen (secondary N) is 1. The number of hydrogen-bond acceptors (Lipinski definition) is 3. The summed E-state index contributed by atoms with van der Waals surface area (Å²) < 4.78 is 41.0. The summed E-state index contributed by atoms with van der Waals surface area (Å²) in [7, 11) is 0. The lowest BCUT2D eigenvalue weighted by atomic mass is 10.2. The van der Waals surface area contributed by atoms with Crippen LogP contribution in [0.15, 0.2) is 36.5 Å². The first-order valence-electron chi connectivity index (χ1n) is 6.05. The Bertz CT molecular complexity index is 632. The lowest BCUT2D eigenvalue weighted by Crippen LogP contribution is -2.18. The van der Waals surface area contributed by atoms with Gasteiger partial charge in [-0.25, -0.2) is 4.98 Å². The first-order chi connectivity index (χ1) is 9.85. The van der Waals surface area contributed by atoms with Crippen LogP contribution in [0, 0.1) is 6.92 Å². The van der Waals surface area contributed by atoms with Crippen molar-refractivity contribution < 1.29 is 17.9 Å². The number of aryl methyl sites for hydroxylation is 1. The standard InChI is InChI=1S/C14H12ClF3N2O/c1-9-6-11(13(15)20-7-9)19-8-10-4-2-3-5-12(10)21-14(16,17)18/h2-7,19H,8H2,1H3. The molecule has 3 nitrogen and oxygen atoms in total. The zero-order chi connectivity index (χ0) is 15.5. The fourth-order valence-corrected chi connectivity index (χ4v) is 1.91. The normalized spacial score (nSPS) is 11.3. The maximum absolute atomic E-state index is 12.3. The van der Waals surface area contributed by atoms with Crippen molar-refractivity contribution in [3.05, 3.63) is 52.8 Å². The number of rotatable bonds is 4. The Morgan fingerprint density at radius 2 is 2.00 bits per heavy atom. The van der Waals surface area contributed by atoms with Crippen molar-refractivity contribution in [3.63, 3.8) is 0 Å². The lowest BCUT2D eigenvalue weighted by molar-refractivity contribution is -0.274. The molecule has 0 saturated heterocycles. The summed E-state index contributed by atoms with van der Waals surface area (Å²) in [6.07, 6.45) is -3.12. The van der Waals surface area contributed by atoms with Crippen LogP contribution in [-0.4, -0.2) is 11.3 Å². The Kier molecular flexibility index (Phi) is 4.57. The van der Waals surface area contributed by atoms with Gasteiger partial charge in [0.1, 0.15) is 5.75 Å². The van der Waals surface area contributed by atoms with E-state index in [1.165, 1.54) is 12.1 Å². The molecule has 1 N–H and O–H groups in total. The Morgan fingerprint density at radius 3 is 2.71 bits per heavy atom. The van der Waals surface area contributed by atoms with Crippen LogP contribution in [-0.2, 0) is 6.54 Å². The zero-order valence-electron chi connectivity index (χ0n) is 11.0. The summed E-state index contributed by atoms with van der Waals surface area (Å²) in [6.45, 7) is 1.98. The molecule has 21 heavy (non-hydrogen) atoms. The second-order valence-electron chi connectivity index (χ2n) is 4.36. The number of halogens is 4. The van der Waals surface area contributed by atoms with Crippen molar-refractivity contribution in [2.24, 2.45) is 0 Å². The van der Waals surface area contributed by atoms with Gasteiger partial charge < -0.3 is 10.1 Å². The summed E-state index contributed by atoms with van der Waals surface area (Å²) in [5.74, 6) is -0.241. The Hall–Kier alpha value is -1.95. The fourth-order valence-electron chi connectivity index (χ4n) is 1.74. The minimum absolute atomic E-state index is 0.136. The predicted octanol–water partition coefficient (Wildman–Crippen LogP) is 4.55. The van der Waals surface area contributed by atoms with Crippen LogP contribution in [0.4, 0.5) is 18.9 Å². The molecular formula is C14H12ClF3N2O. The lowest BCUT2D eigenvalue weighted by Gasteiger charge is -2.14. The Morgan fingerprint density at radius 1 is 1.29 bits per heavy atom. The molecule has 112 valence electrons. The average molecular weight is 317 g/mol. The highest BCUT2D eigenvalue weighted by molar-refractivity contribution is 6.31. The number of para-hydroxylation sites is 1. The van der Waals surface area contributed by atoms with E-state index in [9.17, 15) is 13.2 Å². The van der Waals surface area contributed by atoms with Gasteiger partial charge in [0, 0.05) is 18.3 Å². The van der Waals surface area contributed by atoms with Crippen molar-refractivity contribution in [1.82, 2.24) is 4.98 Å². The second-order valence-corrected chi connectivity index (χ2v) is 4.72. The molecule has 2 rings (SSSR count). The molecule has 0 fully saturated rings. The van der Waals surface area contributed by atoms with Gasteiger partial charge in [0.2, 0.25) is 0 Å². The van der Waals surface area contributed by atoms with Crippen molar-refractivity contribution in [2.45, 2.75) is 19.8 Å². The molecule has 0 spiro atoms. The summed E-state index contributed by atoms with van der Waals surface area (Å²) in [5.41, 5.74) is 1.81. The smallest absolute Gasteiger partial charge is 0.405 e. The Balaban J connectivity index is 2.15. The van der Waals surface area contributed by atoms with Gasteiger partial charge >= 0.3 is 6.36 Å². The van der Waals surface area contributed by atoms with E-state index in [1.807, 2.05) is 6.92 Å². The molecule has 0 amide bonds. The summed E-state index contributed by atoms with van der Waals surface area (Å²) in [6, 6.07) is 7.69. The molecule has 0 aliphatic rings. The molecule has 0 saturated carbocycles. The maximum atomic E-state index is 12.3. The van der Waals surface area contributed by atoms with Gasteiger partial charge in [0.15, 0.2) is 5.15 Å². The van der Waals surface area contributed by atoms with Crippen LogP contribution in [0.3, 0.4) is 0 Å². The number of anilines is 1. The van der Waals surface area contributed by atoms with Crippen LogP contribution < -0.4 is 10.1 Å². The van der Waals surface area contributed by atoms with E-state index in [0.29, 0.717) is 11.3 Å². The third-order valence-corrected chi connectivity index (χ3v) is 2.94. The fraction of sp³-hybridized carbons (Fsp3) is 0.214. The number of hydrogen-bond donors (Lipinski definition) is 1. The minimum atomic E-state index is -4.72. The van der Waals surface area contributed by atoms with Gasteiger partial charge in [-0.05, 0) is 24.6 Å². The highest BCUT2D eigenvalue weighted by Gasteiger charge is 2.31. The van der Waals surface area contributed by atoms with Gasteiger partial charge in [-0.2, -0.15) is 0 Å². The third-order valence-electron chi connectivity index (χ3n) is 2.64. The van der Waals surface area contributed by atoms with E-state index in [2.05, 4.69) is 15.0 Å². The molecule has 1 aromatic carbocycles. The molecule has 0 bridgehead atoms. The molecule has 2 aromatic rings. The average Bonchev–Trinajstić information content (AvgIpc) is 2.39. The Labute approximate surface area is 124 Å². The zero-order valence-corrected chi connectivity index (χ0v) is 11.8. The first-order valence-corrected chi connectivity index (χ1v) is 6.42. The maximum Gasteiger partial charge on any atom is 0.573 e. The molecule has 0 unspecified atom stereocenters. The number of aromatic nitrogens is 1. The van der Waals surface area contributed by atoms with Crippen molar-refractivity contribution in [3.8, 4) is 5.75 Å². The summed E-state index contributed by atoms with van der Waals surface area (Å²) in [4.78, 5) is 3.96. The number of alkyl halides is 3. The second kappa shape index (κ2) is 6.22. The van der Waals surface area contributed by atoms with E-state index >= 15 is 0 Å². The van der Waals surface area contributed by atoms with Gasteiger partial charge in [-0.1, -0.05) is 29.8 Å². The quantitative estimate of drug-likeness (QED) is 0.840. The van der Waals surface area contributed by atoms with E-state index in [4.69, 9.17) is 11.6 Å². The van der Waals surface area contributed by atoms with E-state index in [0.717, 1.165) is 5.56 Å². The highest BCUT2D eigenvalue weighted by Crippen LogP contribution is 2.27. The van der Waals surface area contributed by atoms with Gasteiger partial charge in [0.25, 0.3) is 0 Å². The molecule has 0 radical (unpaired) electrons. The van der Waals surface area contributed by atoms with Gasteiger partial charge in [0.05, 0.1) is 5.69 Å². The van der Waals surface area contributed by atoms with Crippen LogP contribution >= 0.6 is 11.6 Å². The van der Waals surface area contributed by atoms with Gasteiger partial charge in [-0.3, -0.25) is 0 Å². The van der Waals surface area contributed by atoms with Crippen molar-refractivity contribution >= 4 is 17.3 Å².